The first kappa shape index (κ1) is 14.5. The van der Waals surface area contributed by atoms with Gasteiger partial charge in [0.25, 0.3) is 5.69 Å². The summed E-state index contributed by atoms with van der Waals surface area (Å²) in [6.07, 6.45) is 3.33. The molecule has 0 radical (unpaired) electrons. The van der Waals surface area contributed by atoms with Crippen molar-refractivity contribution in [3.63, 3.8) is 0 Å². The number of aromatic nitrogens is 2. The molecule has 0 spiro atoms. The average Bonchev–Trinajstić information content (AvgIpc) is 3.05. The highest BCUT2D eigenvalue weighted by atomic mass is 16.6. The molecule has 0 aliphatic carbocycles. The first-order valence-electron chi connectivity index (χ1n) is 6.86. The highest BCUT2D eigenvalue weighted by Crippen LogP contribution is 2.19. The van der Waals surface area contributed by atoms with Crippen molar-refractivity contribution in [1.29, 1.82) is 0 Å². The molecule has 2 aromatic carbocycles. The second-order valence-corrected chi connectivity index (χ2v) is 4.74. The number of rotatable bonds is 5. The summed E-state index contributed by atoms with van der Waals surface area (Å²) in [5.41, 5.74) is 6.27. The molecule has 0 saturated carbocycles. The number of hydrazone groups is 1. The summed E-state index contributed by atoms with van der Waals surface area (Å²) < 4.78 is 0. The summed E-state index contributed by atoms with van der Waals surface area (Å²) in [6, 6.07) is 15.9. The van der Waals surface area contributed by atoms with E-state index in [2.05, 4.69) is 20.7 Å². The molecule has 23 heavy (non-hydrogen) atoms. The number of hydrogen-bond acceptors (Lipinski definition) is 5. The highest BCUT2D eigenvalue weighted by Gasteiger charge is 2.05. The Balaban J connectivity index is 1.72. The molecule has 7 nitrogen and oxygen atoms in total. The van der Waals surface area contributed by atoms with Crippen LogP contribution in [0.3, 0.4) is 0 Å². The molecule has 1 aromatic heterocycles. The van der Waals surface area contributed by atoms with Crippen LogP contribution in [-0.2, 0) is 0 Å². The number of aromatic amines is 1. The molecule has 0 unspecified atom stereocenters. The Labute approximate surface area is 131 Å². The topological polar surface area (TPSA) is 96.2 Å². The summed E-state index contributed by atoms with van der Waals surface area (Å²) in [6.45, 7) is 0. The van der Waals surface area contributed by atoms with Gasteiger partial charge in [-0.05, 0) is 12.1 Å². The van der Waals surface area contributed by atoms with Crippen LogP contribution in [0.25, 0.3) is 11.3 Å². The smallest absolute Gasteiger partial charge is 0.269 e. The number of H-pyrrole nitrogens is 1. The maximum absolute atomic E-state index is 10.6. The fraction of sp³-hybridized carbons (Fsp3) is 0. The summed E-state index contributed by atoms with van der Waals surface area (Å²) in [5.74, 6) is 0. The number of hydrogen-bond donors (Lipinski definition) is 2. The Morgan fingerprint density at radius 2 is 1.87 bits per heavy atom. The standard InChI is InChI=1S/C16H13N5O2/c22-21(23)15-8-6-14(7-9-15)19-17-10-13-11-18-20-16(13)12-4-2-1-3-5-12/h1-11,19H,(H,18,20)/b17-10+. The highest BCUT2D eigenvalue weighted by molar-refractivity contribution is 5.88. The van der Waals surface area contributed by atoms with E-state index in [1.165, 1.54) is 12.1 Å². The molecule has 0 aliphatic heterocycles. The molecule has 0 bridgehead atoms. The van der Waals surface area contributed by atoms with Crippen molar-refractivity contribution in [2.24, 2.45) is 5.10 Å². The van der Waals surface area contributed by atoms with Gasteiger partial charge in [-0.1, -0.05) is 30.3 Å². The number of anilines is 1. The third-order valence-electron chi connectivity index (χ3n) is 3.21. The first-order valence-corrected chi connectivity index (χ1v) is 6.86. The van der Waals surface area contributed by atoms with E-state index in [1.54, 1.807) is 24.5 Å². The van der Waals surface area contributed by atoms with E-state index in [9.17, 15) is 10.1 Å². The molecule has 3 aromatic rings. The van der Waals surface area contributed by atoms with Gasteiger partial charge in [0.2, 0.25) is 0 Å². The largest absolute Gasteiger partial charge is 0.278 e. The molecule has 1 heterocycles. The van der Waals surface area contributed by atoms with Crippen LogP contribution in [0.2, 0.25) is 0 Å². The molecular weight excluding hydrogens is 294 g/mol. The van der Waals surface area contributed by atoms with Gasteiger partial charge < -0.3 is 0 Å². The number of nitrogens with zero attached hydrogens (tertiary/aromatic N) is 3. The molecule has 114 valence electrons. The van der Waals surface area contributed by atoms with E-state index >= 15 is 0 Å². The SMILES string of the molecule is O=[N+]([O-])c1ccc(N/N=C/c2cn[nH]c2-c2ccccc2)cc1. The second kappa shape index (κ2) is 6.52. The first-order chi connectivity index (χ1) is 11.2. The second-order valence-electron chi connectivity index (χ2n) is 4.74. The van der Waals surface area contributed by atoms with Gasteiger partial charge in [0, 0.05) is 23.3 Å². The van der Waals surface area contributed by atoms with Crippen molar-refractivity contribution in [2.45, 2.75) is 0 Å². The number of nitro benzene ring substituents is 1. The third-order valence-corrected chi connectivity index (χ3v) is 3.21. The zero-order chi connectivity index (χ0) is 16.1. The van der Waals surface area contributed by atoms with Crippen molar-refractivity contribution < 1.29 is 4.92 Å². The van der Waals surface area contributed by atoms with Crippen LogP contribution in [0.15, 0.2) is 65.9 Å². The molecule has 0 amide bonds. The van der Waals surface area contributed by atoms with Crippen molar-refractivity contribution in [1.82, 2.24) is 10.2 Å². The van der Waals surface area contributed by atoms with Crippen molar-refractivity contribution in [2.75, 3.05) is 5.43 Å². The number of non-ortho nitro benzene ring substituents is 1. The molecule has 0 fully saturated rings. The Hall–Kier alpha value is -3.48. The summed E-state index contributed by atoms with van der Waals surface area (Å²) in [5, 5.41) is 21.7. The minimum atomic E-state index is -0.440. The van der Waals surface area contributed by atoms with Crippen LogP contribution in [-0.4, -0.2) is 21.3 Å². The molecule has 3 rings (SSSR count). The summed E-state index contributed by atoms with van der Waals surface area (Å²) in [7, 11) is 0. The maximum atomic E-state index is 10.6. The van der Waals surface area contributed by atoms with E-state index in [0.29, 0.717) is 5.69 Å². The van der Waals surface area contributed by atoms with Gasteiger partial charge in [-0.2, -0.15) is 10.2 Å². The van der Waals surface area contributed by atoms with Gasteiger partial charge >= 0.3 is 0 Å². The fourth-order valence-electron chi connectivity index (χ4n) is 2.06. The predicted molar refractivity (Wildman–Crippen MR) is 88.3 cm³/mol. The van der Waals surface area contributed by atoms with Gasteiger partial charge in [-0.3, -0.25) is 20.6 Å². The van der Waals surface area contributed by atoms with Crippen LogP contribution in [0.1, 0.15) is 5.56 Å². The van der Waals surface area contributed by atoms with E-state index in [1.807, 2.05) is 30.3 Å². The van der Waals surface area contributed by atoms with Crippen LogP contribution in [0.4, 0.5) is 11.4 Å². The average molecular weight is 307 g/mol. The van der Waals surface area contributed by atoms with Crippen LogP contribution < -0.4 is 5.43 Å². The Bertz CT molecular complexity index is 825. The van der Waals surface area contributed by atoms with Crippen LogP contribution >= 0.6 is 0 Å². The Morgan fingerprint density at radius 3 is 2.57 bits per heavy atom. The van der Waals surface area contributed by atoms with Gasteiger partial charge in [0.05, 0.1) is 28.7 Å². The lowest BCUT2D eigenvalue weighted by atomic mass is 10.1. The number of benzene rings is 2. The van der Waals surface area contributed by atoms with Crippen LogP contribution in [0, 0.1) is 10.1 Å². The molecule has 0 atom stereocenters. The van der Waals surface area contributed by atoms with Gasteiger partial charge in [-0.15, -0.1) is 0 Å². The van der Waals surface area contributed by atoms with E-state index in [-0.39, 0.29) is 5.69 Å². The monoisotopic (exact) mass is 307 g/mol. The van der Waals surface area contributed by atoms with Gasteiger partial charge in [0.15, 0.2) is 0 Å². The lowest BCUT2D eigenvalue weighted by molar-refractivity contribution is -0.384. The molecule has 2 N–H and O–H groups in total. The van der Waals surface area contributed by atoms with E-state index in [4.69, 9.17) is 0 Å². The van der Waals surface area contributed by atoms with Crippen molar-refractivity contribution in [3.8, 4) is 11.3 Å². The molecule has 0 aliphatic rings. The zero-order valence-electron chi connectivity index (χ0n) is 12.0. The minimum Gasteiger partial charge on any atom is -0.278 e. The molecule has 7 heteroatoms. The van der Waals surface area contributed by atoms with Crippen LogP contribution in [0.5, 0.6) is 0 Å². The van der Waals surface area contributed by atoms with Crippen molar-refractivity contribution >= 4 is 17.6 Å². The van der Waals surface area contributed by atoms with E-state index < -0.39 is 4.92 Å². The minimum absolute atomic E-state index is 0.0423. The fourth-order valence-corrected chi connectivity index (χ4v) is 2.06. The number of nitrogens with one attached hydrogen (secondary N) is 2. The number of nitro groups is 1. The summed E-state index contributed by atoms with van der Waals surface area (Å²) >= 11 is 0. The third kappa shape index (κ3) is 3.41. The Kier molecular flexibility index (Phi) is 4.10. The van der Waals surface area contributed by atoms with E-state index in [0.717, 1.165) is 16.8 Å². The summed E-state index contributed by atoms with van der Waals surface area (Å²) in [4.78, 5) is 10.2. The quantitative estimate of drug-likeness (QED) is 0.429. The van der Waals surface area contributed by atoms with Crippen molar-refractivity contribution in [3.05, 3.63) is 76.5 Å². The van der Waals surface area contributed by atoms with Gasteiger partial charge in [-0.25, -0.2) is 0 Å². The predicted octanol–water partition coefficient (Wildman–Crippen LogP) is 3.43. The normalized spacial score (nSPS) is 10.8. The lowest BCUT2D eigenvalue weighted by Gasteiger charge is -2.00. The zero-order valence-corrected chi connectivity index (χ0v) is 12.0. The molecule has 0 saturated heterocycles. The molecular formula is C16H13N5O2. The lowest BCUT2D eigenvalue weighted by Crippen LogP contribution is -1.92. The van der Waals surface area contributed by atoms with Gasteiger partial charge in [0.1, 0.15) is 0 Å². The maximum Gasteiger partial charge on any atom is 0.269 e. The Morgan fingerprint density at radius 1 is 1.13 bits per heavy atom.